The molecule has 1 saturated heterocycles. The van der Waals surface area contributed by atoms with Crippen molar-refractivity contribution in [3.05, 3.63) is 0 Å². The molecule has 1 aliphatic heterocycles. The molecule has 0 bridgehead atoms. The van der Waals surface area contributed by atoms with Gasteiger partial charge in [0.25, 0.3) is 0 Å². The Labute approximate surface area is 114 Å². The average molecular weight is 276 g/mol. The van der Waals surface area contributed by atoms with Crippen LogP contribution in [0.1, 0.15) is 26.2 Å². The van der Waals surface area contributed by atoms with Crippen LogP contribution in [-0.4, -0.2) is 55.2 Å². The topological polar surface area (TPSA) is 38.8 Å². The van der Waals surface area contributed by atoms with Gasteiger partial charge in [0.15, 0.2) is 0 Å². The molecule has 1 heterocycles. The van der Waals surface area contributed by atoms with Gasteiger partial charge in [-0.1, -0.05) is 0 Å². The number of ether oxygens (including phenoxy) is 2. The average Bonchev–Trinajstić information content (AvgIpc) is 2.36. The van der Waals surface area contributed by atoms with Crippen molar-refractivity contribution in [2.45, 2.75) is 38.4 Å². The lowest BCUT2D eigenvalue weighted by atomic mass is 9.79. The highest BCUT2D eigenvalue weighted by Crippen LogP contribution is 2.33. The zero-order valence-electron chi connectivity index (χ0n) is 10.9. The van der Waals surface area contributed by atoms with E-state index in [2.05, 4.69) is 0 Å². The fourth-order valence-corrected chi connectivity index (χ4v) is 2.81. The van der Waals surface area contributed by atoms with Gasteiger partial charge in [-0.2, -0.15) is 0 Å². The fraction of sp³-hybridized carbons (Fsp3) is 0.923. The summed E-state index contributed by atoms with van der Waals surface area (Å²) >= 11 is 5.77. The van der Waals surface area contributed by atoms with Crippen molar-refractivity contribution in [3.63, 3.8) is 0 Å². The summed E-state index contributed by atoms with van der Waals surface area (Å²) in [7, 11) is 0. The van der Waals surface area contributed by atoms with E-state index >= 15 is 0 Å². The minimum atomic E-state index is 0.00179. The molecular weight excluding hydrogens is 254 g/mol. The van der Waals surface area contributed by atoms with E-state index in [1.54, 1.807) is 0 Å². The first-order chi connectivity index (χ1) is 8.72. The Morgan fingerprint density at radius 1 is 1.50 bits per heavy atom. The predicted molar refractivity (Wildman–Crippen MR) is 69.8 cm³/mol. The molecule has 0 aromatic carbocycles. The van der Waals surface area contributed by atoms with Gasteiger partial charge in [-0.05, 0) is 25.7 Å². The smallest absolute Gasteiger partial charge is 0.223 e. The Kier molecular flexibility index (Phi) is 5.27. The Bertz CT molecular complexity index is 281. The first-order valence-electron chi connectivity index (χ1n) is 6.79. The van der Waals surface area contributed by atoms with Crippen molar-refractivity contribution in [1.29, 1.82) is 0 Å². The molecule has 2 rings (SSSR count). The molecule has 1 aliphatic carbocycles. The van der Waals surface area contributed by atoms with Gasteiger partial charge in [0.05, 0.1) is 24.7 Å². The number of alkyl halides is 1. The Morgan fingerprint density at radius 3 is 2.94 bits per heavy atom. The van der Waals surface area contributed by atoms with Gasteiger partial charge in [-0.3, -0.25) is 4.79 Å². The van der Waals surface area contributed by atoms with Crippen LogP contribution >= 0.6 is 11.6 Å². The summed E-state index contributed by atoms with van der Waals surface area (Å²) < 4.78 is 11.0. The monoisotopic (exact) mass is 275 g/mol. The SMILES string of the molecule is CCOC1CC(CC(=O)N2CCOC(CCl)C2)C1. The zero-order chi connectivity index (χ0) is 13.0. The second kappa shape index (κ2) is 6.73. The lowest BCUT2D eigenvalue weighted by Gasteiger charge is -2.37. The molecule has 2 aliphatic rings. The molecule has 0 radical (unpaired) electrons. The molecule has 2 fully saturated rings. The summed E-state index contributed by atoms with van der Waals surface area (Å²) in [6.45, 7) is 4.73. The van der Waals surface area contributed by atoms with Crippen LogP contribution in [0.3, 0.4) is 0 Å². The molecule has 4 nitrogen and oxygen atoms in total. The molecule has 1 unspecified atom stereocenters. The number of hydrogen-bond acceptors (Lipinski definition) is 3. The van der Waals surface area contributed by atoms with Gasteiger partial charge < -0.3 is 14.4 Å². The summed E-state index contributed by atoms with van der Waals surface area (Å²) in [6, 6.07) is 0. The summed E-state index contributed by atoms with van der Waals surface area (Å²) in [5.41, 5.74) is 0. The molecule has 104 valence electrons. The summed E-state index contributed by atoms with van der Waals surface area (Å²) in [4.78, 5) is 14.0. The molecule has 0 aromatic rings. The number of carbonyl (C=O) groups is 1. The lowest BCUT2D eigenvalue weighted by Crippen LogP contribution is -2.47. The fourth-order valence-electron chi connectivity index (χ4n) is 2.63. The number of nitrogens with zero attached hydrogens (tertiary/aromatic N) is 1. The van der Waals surface area contributed by atoms with E-state index < -0.39 is 0 Å². The normalized spacial score (nSPS) is 32.1. The maximum absolute atomic E-state index is 12.1. The molecule has 5 heteroatoms. The molecule has 18 heavy (non-hydrogen) atoms. The van der Waals surface area contributed by atoms with Crippen LogP contribution in [-0.2, 0) is 14.3 Å². The highest BCUT2D eigenvalue weighted by molar-refractivity contribution is 6.18. The van der Waals surface area contributed by atoms with E-state index in [4.69, 9.17) is 21.1 Å². The Balaban J connectivity index is 1.69. The van der Waals surface area contributed by atoms with E-state index in [0.717, 1.165) is 19.4 Å². The largest absolute Gasteiger partial charge is 0.378 e. The van der Waals surface area contributed by atoms with Gasteiger partial charge >= 0.3 is 0 Å². The van der Waals surface area contributed by atoms with Gasteiger partial charge in [0, 0.05) is 26.1 Å². The minimum Gasteiger partial charge on any atom is -0.378 e. The summed E-state index contributed by atoms with van der Waals surface area (Å²) in [6.07, 6.45) is 3.10. The molecule has 0 spiro atoms. The van der Waals surface area contributed by atoms with Crippen molar-refractivity contribution in [2.24, 2.45) is 5.92 Å². The number of rotatable bonds is 5. The first kappa shape index (κ1) is 14.1. The van der Waals surface area contributed by atoms with Crippen LogP contribution in [0.15, 0.2) is 0 Å². The van der Waals surface area contributed by atoms with Crippen molar-refractivity contribution in [2.75, 3.05) is 32.2 Å². The van der Waals surface area contributed by atoms with E-state index in [1.165, 1.54) is 0 Å². The summed E-state index contributed by atoms with van der Waals surface area (Å²) in [5.74, 6) is 1.21. The molecule has 1 atom stereocenters. The van der Waals surface area contributed by atoms with E-state index in [-0.39, 0.29) is 12.0 Å². The van der Waals surface area contributed by atoms with E-state index in [9.17, 15) is 4.79 Å². The minimum absolute atomic E-state index is 0.00179. The van der Waals surface area contributed by atoms with Crippen LogP contribution in [0.4, 0.5) is 0 Å². The first-order valence-corrected chi connectivity index (χ1v) is 7.33. The van der Waals surface area contributed by atoms with Crippen molar-refractivity contribution < 1.29 is 14.3 Å². The highest BCUT2D eigenvalue weighted by Gasteiger charge is 2.33. The third-order valence-electron chi connectivity index (χ3n) is 3.72. The molecule has 1 amide bonds. The number of halogens is 1. The Hall–Kier alpha value is -0.320. The highest BCUT2D eigenvalue weighted by atomic mass is 35.5. The van der Waals surface area contributed by atoms with Gasteiger partial charge in [-0.25, -0.2) is 0 Å². The number of amides is 1. The maximum atomic E-state index is 12.1. The zero-order valence-corrected chi connectivity index (χ0v) is 11.7. The van der Waals surface area contributed by atoms with Crippen LogP contribution < -0.4 is 0 Å². The Morgan fingerprint density at radius 2 is 2.28 bits per heavy atom. The predicted octanol–water partition coefficient (Wildman–Crippen LogP) is 1.66. The molecule has 0 aromatic heterocycles. The molecule has 1 saturated carbocycles. The quantitative estimate of drug-likeness (QED) is 0.717. The molecular formula is C13H22ClNO3. The van der Waals surface area contributed by atoms with Crippen molar-refractivity contribution >= 4 is 17.5 Å². The summed E-state index contributed by atoms with van der Waals surface area (Å²) in [5, 5.41) is 0. The second-order valence-corrected chi connectivity index (χ2v) is 5.41. The van der Waals surface area contributed by atoms with Crippen LogP contribution in [0.25, 0.3) is 0 Å². The number of carbonyl (C=O) groups excluding carboxylic acids is 1. The van der Waals surface area contributed by atoms with Crippen LogP contribution in [0.5, 0.6) is 0 Å². The number of morpholine rings is 1. The standard InChI is InChI=1S/C13H22ClNO3/c1-2-17-11-5-10(6-11)7-13(16)15-3-4-18-12(8-14)9-15/h10-12H,2-9H2,1H3. The lowest BCUT2D eigenvalue weighted by molar-refractivity contribution is -0.141. The van der Waals surface area contributed by atoms with Gasteiger partial charge in [0.2, 0.25) is 5.91 Å². The second-order valence-electron chi connectivity index (χ2n) is 5.11. The third-order valence-corrected chi connectivity index (χ3v) is 4.07. The number of hydrogen-bond donors (Lipinski definition) is 0. The maximum Gasteiger partial charge on any atom is 0.223 e. The van der Waals surface area contributed by atoms with Crippen molar-refractivity contribution in [3.8, 4) is 0 Å². The third kappa shape index (κ3) is 3.59. The van der Waals surface area contributed by atoms with E-state index in [0.29, 0.717) is 44.0 Å². The van der Waals surface area contributed by atoms with Gasteiger partial charge in [-0.15, -0.1) is 11.6 Å². The van der Waals surface area contributed by atoms with Crippen LogP contribution in [0.2, 0.25) is 0 Å². The van der Waals surface area contributed by atoms with Crippen molar-refractivity contribution in [1.82, 2.24) is 4.90 Å². The van der Waals surface area contributed by atoms with Crippen LogP contribution in [0, 0.1) is 5.92 Å². The van der Waals surface area contributed by atoms with E-state index in [1.807, 2.05) is 11.8 Å². The van der Waals surface area contributed by atoms with Gasteiger partial charge in [0.1, 0.15) is 0 Å². The molecule has 0 N–H and O–H groups in total.